The molecule has 0 aliphatic heterocycles. The van der Waals surface area contributed by atoms with E-state index < -0.39 is 22.2 Å². The van der Waals surface area contributed by atoms with E-state index in [-0.39, 0.29) is 0 Å². The first kappa shape index (κ1) is 16.9. The molecule has 0 N–H and O–H groups in total. The van der Waals surface area contributed by atoms with Crippen molar-refractivity contribution < 1.29 is 13.2 Å². The summed E-state index contributed by atoms with van der Waals surface area (Å²) in [6.07, 6.45) is -3.20. The van der Waals surface area contributed by atoms with Crippen molar-refractivity contribution in [2.75, 3.05) is 0 Å². The van der Waals surface area contributed by atoms with Gasteiger partial charge in [0, 0.05) is 0 Å². The molecule has 0 aromatic rings. The summed E-state index contributed by atoms with van der Waals surface area (Å²) in [5.74, 6) is 0. The highest BCUT2D eigenvalue weighted by atomic mass is 19.4. The number of hydrogen-bond acceptors (Lipinski definition) is 0. The first-order valence-corrected chi connectivity index (χ1v) is 6.07. The Bertz CT molecular complexity index is 259. The molecule has 0 aromatic carbocycles. The van der Waals surface area contributed by atoms with Crippen molar-refractivity contribution in [2.24, 2.45) is 10.8 Å². The molecule has 17 heavy (non-hydrogen) atoms. The maximum Gasteiger partial charge on any atom is 0.393 e. The molecule has 0 nitrogen and oxygen atoms in total. The zero-order valence-corrected chi connectivity index (χ0v) is 11.7. The molecule has 5 heteroatoms. The molecule has 1 atom stereocenters. The lowest BCUT2D eigenvalue weighted by atomic mass is 9.26. The number of alkyl halides is 3. The molecule has 0 saturated carbocycles. The Balaban J connectivity index is 5.66. The lowest BCUT2D eigenvalue weighted by Gasteiger charge is -2.55. The van der Waals surface area contributed by atoms with Crippen molar-refractivity contribution in [3.63, 3.8) is 0 Å². The second-order valence-electron chi connectivity index (χ2n) is 5.84. The molecule has 0 saturated heterocycles. The molecule has 0 bridgehead atoms. The van der Waals surface area contributed by atoms with Crippen LogP contribution >= 0.6 is 0 Å². The molecule has 0 aromatic heterocycles. The standard InChI is InChI=1S/C12H22B2F3/c1-7-9(3,4)11(13,14-8-2)10(5,6)12(15,16)17/h7-8H2,1-6H3. The van der Waals surface area contributed by atoms with Crippen LogP contribution in [0.2, 0.25) is 11.5 Å². The monoisotopic (exact) mass is 245 g/mol. The fraction of sp³-hybridized carbons (Fsp3) is 1.00. The molecule has 0 aliphatic rings. The van der Waals surface area contributed by atoms with Crippen molar-refractivity contribution in [1.29, 1.82) is 0 Å². The Morgan fingerprint density at radius 1 is 1.00 bits per heavy atom. The van der Waals surface area contributed by atoms with Crippen LogP contribution in [0, 0.1) is 10.8 Å². The van der Waals surface area contributed by atoms with E-state index in [1.54, 1.807) is 21.1 Å². The third kappa shape index (κ3) is 2.68. The highest BCUT2D eigenvalue weighted by Gasteiger charge is 2.61. The van der Waals surface area contributed by atoms with Crippen LogP contribution in [0.15, 0.2) is 0 Å². The molecule has 0 heterocycles. The first-order chi connectivity index (χ1) is 7.37. The van der Waals surface area contributed by atoms with Gasteiger partial charge in [-0.05, 0) is 5.41 Å². The molecule has 0 spiro atoms. The van der Waals surface area contributed by atoms with Gasteiger partial charge in [0.1, 0.15) is 7.28 Å². The van der Waals surface area contributed by atoms with Gasteiger partial charge in [-0.25, -0.2) is 0 Å². The van der Waals surface area contributed by atoms with E-state index in [2.05, 4.69) is 0 Å². The summed E-state index contributed by atoms with van der Waals surface area (Å²) in [6.45, 7) is 9.67. The van der Waals surface area contributed by atoms with Crippen molar-refractivity contribution in [1.82, 2.24) is 0 Å². The van der Waals surface area contributed by atoms with E-state index in [4.69, 9.17) is 7.85 Å². The molecule has 0 amide bonds. The van der Waals surface area contributed by atoms with Crippen LogP contribution in [-0.4, -0.2) is 21.3 Å². The van der Waals surface area contributed by atoms with Gasteiger partial charge in [-0.15, -0.1) is 0 Å². The molecular formula is C12H22B2F3. The topological polar surface area (TPSA) is 0 Å². The summed E-state index contributed by atoms with van der Waals surface area (Å²) in [6, 6.07) is 0. The second-order valence-corrected chi connectivity index (χ2v) is 5.84. The molecular weight excluding hydrogens is 223 g/mol. The lowest BCUT2D eigenvalue weighted by molar-refractivity contribution is -0.226. The zero-order chi connectivity index (χ0) is 14.1. The van der Waals surface area contributed by atoms with E-state index in [1.807, 2.05) is 13.8 Å². The quantitative estimate of drug-likeness (QED) is 0.628. The van der Waals surface area contributed by atoms with E-state index in [0.717, 1.165) is 0 Å². The predicted octanol–water partition coefficient (Wildman–Crippen LogP) is 4.44. The summed E-state index contributed by atoms with van der Waals surface area (Å²) >= 11 is 0. The van der Waals surface area contributed by atoms with Gasteiger partial charge in [0.25, 0.3) is 0 Å². The average Bonchev–Trinajstić information content (AvgIpc) is 2.15. The van der Waals surface area contributed by atoms with Crippen LogP contribution in [0.5, 0.6) is 0 Å². The minimum Gasteiger partial charge on any atom is -0.171 e. The van der Waals surface area contributed by atoms with Gasteiger partial charge < -0.3 is 0 Å². The van der Waals surface area contributed by atoms with Crippen LogP contribution in [-0.2, 0) is 0 Å². The Hall–Kier alpha value is -0.0801. The fourth-order valence-corrected chi connectivity index (χ4v) is 2.23. The summed E-state index contributed by atoms with van der Waals surface area (Å²) in [4.78, 5) is 0. The SMILES string of the molecule is [B]C([B]CC)(C(C)(C)CC)C(C)(C)C(F)(F)F. The third-order valence-corrected chi connectivity index (χ3v) is 4.27. The van der Waals surface area contributed by atoms with Crippen LogP contribution in [0.3, 0.4) is 0 Å². The van der Waals surface area contributed by atoms with Gasteiger partial charge in [0.05, 0.1) is 13.3 Å². The van der Waals surface area contributed by atoms with Gasteiger partial charge in [-0.3, -0.25) is 0 Å². The summed E-state index contributed by atoms with van der Waals surface area (Å²) in [5, 5.41) is -1.37. The summed E-state index contributed by atoms with van der Waals surface area (Å²) < 4.78 is 39.7. The summed E-state index contributed by atoms with van der Waals surface area (Å²) in [7, 11) is 7.80. The van der Waals surface area contributed by atoms with Gasteiger partial charge >= 0.3 is 6.18 Å². The number of halogens is 3. The third-order valence-electron chi connectivity index (χ3n) is 4.27. The number of rotatable bonds is 5. The highest BCUT2D eigenvalue weighted by Crippen LogP contribution is 2.62. The van der Waals surface area contributed by atoms with Crippen LogP contribution in [0.1, 0.15) is 48.0 Å². The van der Waals surface area contributed by atoms with Crippen molar-refractivity contribution in [3.8, 4) is 0 Å². The molecule has 0 fully saturated rings. The molecule has 97 valence electrons. The molecule has 1 unspecified atom stereocenters. The van der Waals surface area contributed by atoms with Gasteiger partial charge in [0.15, 0.2) is 0 Å². The van der Waals surface area contributed by atoms with Crippen LogP contribution in [0.4, 0.5) is 13.2 Å². The minimum absolute atomic E-state index is 0.527. The van der Waals surface area contributed by atoms with E-state index in [1.165, 1.54) is 13.8 Å². The van der Waals surface area contributed by atoms with Gasteiger partial charge in [-0.2, -0.15) is 13.2 Å². The Labute approximate surface area is 105 Å². The zero-order valence-electron chi connectivity index (χ0n) is 11.7. The number of hydrogen-bond donors (Lipinski definition) is 0. The van der Waals surface area contributed by atoms with Crippen LogP contribution in [0.25, 0.3) is 0 Å². The van der Waals surface area contributed by atoms with Crippen molar-refractivity contribution in [2.45, 2.75) is 65.7 Å². The average molecular weight is 245 g/mol. The largest absolute Gasteiger partial charge is 0.393 e. The van der Waals surface area contributed by atoms with E-state index in [9.17, 15) is 13.2 Å². The Morgan fingerprint density at radius 2 is 1.41 bits per heavy atom. The van der Waals surface area contributed by atoms with Crippen LogP contribution < -0.4 is 0 Å². The van der Waals surface area contributed by atoms with Gasteiger partial charge in [-0.1, -0.05) is 59.5 Å². The smallest absolute Gasteiger partial charge is 0.171 e. The normalized spacial score (nSPS) is 17.7. The van der Waals surface area contributed by atoms with E-state index >= 15 is 0 Å². The van der Waals surface area contributed by atoms with Crippen molar-refractivity contribution >= 4 is 15.1 Å². The first-order valence-electron chi connectivity index (χ1n) is 6.07. The highest BCUT2D eigenvalue weighted by molar-refractivity contribution is 6.54. The summed E-state index contributed by atoms with van der Waals surface area (Å²) in [5.41, 5.74) is -2.56. The lowest BCUT2D eigenvalue weighted by Crippen LogP contribution is -2.53. The minimum atomic E-state index is -4.32. The Kier molecular flexibility index (Phi) is 4.87. The molecule has 0 rings (SSSR count). The Morgan fingerprint density at radius 3 is 1.65 bits per heavy atom. The predicted molar refractivity (Wildman–Crippen MR) is 68.6 cm³/mol. The fourth-order valence-electron chi connectivity index (χ4n) is 2.23. The maximum absolute atomic E-state index is 13.2. The van der Waals surface area contributed by atoms with E-state index in [0.29, 0.717) is 12.7 Å². The maximum atomic E-state index is 13.2. The van der Waals surface area contributed by atoms with Crippen molar-refractivity contribution in [3.05, 3.63) is 0 Å². The van der Waals surface area contributed by atoms with Gasteiger partial charge in [0.2, 0.25) is 0 Å². The molecule has 3 radical (unpaired) electrons. The molecule has 0 aliphatic carbocycles. The second kappa shape index (κ2) is 4.89.